The number of halogens is 1. The fourth-order valence-corrected chi connectivity index (χ4v) is 4.26. The van der Waals surface area contributed by atoms with Crippen LogP contribution in [-0.2, 0) is 16.0 Å². The predicted octanol–water partition coefficient (Wildman–Crippen LogP) is 3.19. The number of hydrogen-bond donors (Lipinski definition) is 2. The van der Waals surface area contributed by atoms with Crippen LogP contribution in [0, 0.1) is 0 Å². The minimum atomic E-state index is -1.07. The van der Waals surface area contributed by atoms with Crippen LogP contribution in [0.2, 0.25) is 4.34 Å². The van der Waals surface area contributed by atoms with E-state index in [0.717, 1.165) is 16.3 Å². The van der Waals surface area contributed by atoms with E-state index in [2.05, 4.69) is 10.3 Å². The zero-order valence-electron chi connectivity index (χ0n) is 11.5. The number of nitrogens with one attached hydrogen (secondary N) is 1. The number of aromatic nitrogens is 1. The van der Waals surface area contributed by atoms with Gasteiger partial charge < -0.3 is 10.4 Å². The largest absolute Gasteiger partial charge is 0.480 e. The molecule has 116 valence electrons. The van der Waals surface area contributed by atoms with Gasteiger partial charge in [-0.15, -0.1) is 22.7 Å². The summed E-state index contributed by atoms with van der Waals surface area (Å²) in [7, 11) is 0. The van der Waals surface area contributed by atoms with Gasteiger partial charge in [0.1, 0.15) is 10.5 Å². The molecule has 0 aliphatic heterocycles. The molecule has 2 heterocycles. The van der Waals surface area contributed by atoms with E-state index in [1.54, 1.807) is 0 Å². The first-order valence-electron chi connectivity index (χ1n) is 6.73. The lowest BCUT2D eigenvalue weighted by atomic mass is 9.76. The molecule has 1 amide bonds. The van der Waals surface area contributed by atoms with Crippen LogP contribution in [0.15, 0.2) is 17.5 Å². The molecule has 2 N–H and O–H groups in total. The van der Waals surface area contributed by atoms with Crippen LogP contribution in [0.1, 0.15) is 25.0 Å². The van der Waals surface area contributed by atoms with Crippen molar-refractivity contribution in [3.05, 3.63) is 27.5 Å². The number of hydrogen-bond acceptors (Lipinski definition) is 5. The van der Waals surface area contributed by atoms with E-state index in [1.165, 1.54) is 22.7 Å². The third kappa shape index (κ3) is 3.02. The number of aliphatic carboxylic acids is 1. The number of amides is 1. The average molecular weight is 357 g/mol. The monoisotopic (exact) mass is 356 g/mol. The predicted molar refractivity (Wildman–Crippen MR) is 86.5 cm³/mol. The molecule has 0 spiro atoms. The number of carboxylic acids is 1. The van der Waals surface area contributed by atoms with E-state index in [-0.39, 0.29) is 12.3 Å². The Balaban J connectivity index is 1.65. The summed E-state index contributed by atoms with van der Waals surface area (Å²) in [5.41, 5.74) is -0.432. The smallest absolute Gasteiger partial charge is 0.329 e. The molecule has 1 fully saturated rings. The number of thiophene rings is 1. The molecule has 2 aromatic heterocycles. The highest BCUT2D eigenvalue weighted by Crippen LogP contribution is 2.34. The van der Waals surface area contributed by atoms with Gasteiger partial charge in [0.05, 0.1) is 21.3 Å². The summed E-state index contributed by atoms with van der Waals surface area (Å²) in [5, 5.41) is 14.5. The summed E-state index contributed by atoms with van der Waals surface area (Å²) in [6, 6.07) is 3.70. The van der Waals surface area contributed by atoms with Gasteiger partial charge in [-0.05, 0) is 31.4 Å². The number of carbonyl (C=O) groups is 2. The van der Waals surface area contributed by atoms with Crippen molar-refractivity contribution >= 4 is 46.2 Å². The first-order valence-corrected chi connectivity index (χ1v) is 8.80. The second kappa shape index (κ2) is 5.98. The van der Waals surface area contributed by atoms with E-state index >= 15 is 0 Å². The molecule has 1 saturated carbocycles. The van der Waals surface area contributed by atoms with Gasteiger partial charge in [0.2, 0.25) is 5.91 Å². The van der Waals surface area contributed by atoms with Crippen molar-refractivity contribution in [2.75, 3.05) is 0 Å². The second-order valence-electron chi connectivity index (χ2n) is 5.21. The van der Waals surface area contributed by atoms with Gasteiger partial charge in [-0.25, -0.2) is 9.78 Å². The molecular formula is C14H13ClN2O3S2. The molecule has 2 aromatic rings. The summed E-state index contributed by atoms with van der Waals surface area (Å²) in [4.78, 5) is 28.7. The Morgan fingerprint density at radius 2 is 2.18 bits per heavy atom. The zero-order valence-corrected chi connectivity index (χ0v) is 13.9. The fourth-order valence-electron chi connectivity index (χ4n) is 2.33. The summed E-state index contributed by atoms with van der Waals surface area (Å²) in [6.07, 6.45) is 1.89. The molecule has 0 unspecified atom stereocenters. The van der Waals surface area contributed by atoms with Crippen LogP contribution in [-0.4, -0.2) is 27.5 Å². The minimum Gasteiger partial charge on any atom is -0.480 e. The van der Waals surface area contributed by atoms with E-state index in [4.69, 9.17) is 11.6 Å². The topological polar surface area (TPSA) is 79.3 Å². The summed E-state index contributed by atoms with van der Waals surface area (Å²) in [5.74, 6) is -1.26. The molecule has 22 heavy (non-hydrogen) atoms. The molecule has 0 radical (unpaired) electrons. The van der Waals surface area contributed by atoms with Gasteiger partial charge in [0, 0.05) is 5.38 Å². The summed E-state index contributed by atoms with van der Waals surface area (Å²) < 4.78 is 0.692. The number of carbonyl (C=O) groups excluding carboxylic acids is 1. The van der Waals surface area contributed by atoms with Gasteiger partial charge in [-0.1, -0.05) is 11.6 Å². The summed E-state index contributed by atoms with van der Waals surface area (Å²) >= 11 is 8.78. The van der Waals surface area contributed by atoms with Crippen LogP contribution in [0.3, 0.4) is 0 Å². The van der Waals surface area contributed by atoms with E-state index in [9.17, 15) is 14.7 Å². The number of carboxylic acid groups (broad SMARTS) is 1. The van der Waals surface area contributed by atoms with E-state index in [1.807, 2.05) is 17.5 Å². The molecule has 1 aliphatic rings. The Bertz CT molecular complexity index is 721. The van der Waals surface area contributed by atoms with Gasteiger partial charge in [-0.3, -0.25) is 4.79 Å². The highest BCUT2D eigenvalue weighted by molar-refractivity contribution is 7.23. The molecule has 1 aliphatic carbocycles. The Morgan fingerprint density at radius 3 is 2.73 bits per heavy atom. The molecule has 0 atom stereocenters. The zero-order chi connectivity index (χ0) is 15.7. The fraction of sp³-hybridized carbons (Fsp3) is 0.357. The van der Waals surface area contributed by atoms with E-state index < -0.39 is 11.5 Å². The Kier molecular flexibility index (Phi) is 4.20. The van der Waals surface area contributed by atoms with Crippen molar-refractivity contribution in [3.8, 4) is 9.88 Å². The average Bonchev–Trinajstić information content (AvgIpc) is 3.02. The third-order valence-electron chi connectivity index (χ3n) is 3.67. The standard InChI is InChI=1S/C14H13ClN2O3S2/c15-10-3-2-9(22-10)12-16-8(7-21-12)6-11(18)17-14(13(19)20)4-1-5-14/h2-3,7H,1,4-6H2,(H,17,18)(H,19,20). The van der Waals surface area contributed by atoms with Gasteiger partial charge in [0.25, 0.3) is 0 Å². The Labute approximate surface area is 140 Å². The van der Waals surface area contributed by atoms with E-state index in [0.29, 0.717) is 22.9 Å². The first kappa shape index (κ1) is 15.5. The van der Waals surface area contributed by atoms with Crippen molar-refractivity contribution in [2.24, 2.45) is 0 Å². The van der Waals surface area contributed by atoms with Crippen LogP contribution in [0.4, 0.5) is 0 Å². The highest BCUT2D eigenvalue weighted by atomic mass is 35.5. The van der Waals surface area contributed by atoms with Crippen molar-refractivity contribution < 1.29 is 14.7 Å². The molecule has 3 rings (SSSR count). The number of thiazole rings is 1. The lowest BCUT2D eigenvalue weighted by Crippen LogP contribution is -2.59. The SMILES string of the molecule is O=C(Cc1csc(-c2ccc(Cl)s2)n1)NC1(C(=O)O)CCC1. The lowest BCUT2D eigenvalue weighted by Gasteiger charge is -2.38. The second-order valence-corrected chi connectivity index (χ2v) is 7.79. The molecule has 0 aromatic carbocycles. The van der Waals surface area contributed by atoms with Gasteiger partial charge in [0.15, 0.2) is 0 Å². The van der Waals surface area contributed by atoms with Crippen LogP contribution < -0.4 is 5.32 Å². The van der Waals surface area contributed by atoms with Crippen molar-refractivity contribution in [1.82, 2.24) is 10.3 Å². The van der Waals surface area contributed by atoms with Gasteiger partial charge in [-0.2, -0.15) is 0 Å². The van der Waals surface area contributed by atoms with Crippen molar-refractivity contribution in [3.63, 3.8) is 0 Å². The normalized spacial score (nSPS) is 16.0. The number of rotatable bonds is 5. The Hall–Kier alpha value is -1.44. The third-order valence-corrected chi connectivity index (χ3v) is 5.96. The maximum atomic E-state index is 12.0. The van der Waals surface area contributed by atoms with Crippen LogP contribution >= 0.6 is 34.3 Å². The van der Waals surface area contributed by atoms with Crippen LogP contribution in [0.5, 0.6) is 0 Å². The molecule has 8 heteroatoms. The quantitative estimate of drug-likeness (QED) is 0.862. The molecule has 0 saturated heterocycles. The molecule has 0 bridgehead atoms. The maximum absolute atomic E-state index is 12.0. The highest BCUT2D eigenvalue weighted by Gasteiger charge is 2.45. The van der Waals surface area contributed by atoms with Crippen molar-refractivity contribution in [1.29, 1.82) is 0 Å². The van der Waals surface area contributed by atoms with Gasteiger partial charge >= 0.3 is 5.97 Å². The minimum absolute atomic E-state index is 0.0879. The maximum Gasteiger partial charge on any atom is 0.329 e. The van der Waals surface area contributed by atoms with Crippen LogP contribution in [0.25, 0.3) is 9.88 Å². The lowest BCUT2D eigenvalue weighted by molar-refractivity contribution is -0.151. The summed E-state index contributed by atoms with van der Waals surface area (Å²) in [6.45, 7) is 0. The van der Waals surface area contributed by atoms with Crippen molar-refractivity contribution in [2.45, 2.75) is 31.2 Å². The first-order chi connectivity index (χ1) is 10.5. The molecular weight excluding hydrogens is 344 g/mol. The molecule has 5 nitrogen and oxygen atoms in total. The Morgan fingerprint density at radius 1 is 1.41 bits per heavy atom. The number of nitrogens with zero attached hydrogens (tertiary/aromatic N) is 1.